The molecule has 1 atom stereocenters. The van der Waals surface area contributed by atoms with Crippen LogP contribution in [-0.2, 0) is 11.2 Å². The summed E-state index contributed by atoms with van der Waals surface area (Å²) in [6.07, 6.45) is 12.5. The first-order chi connectivity index (χ1) is 10.8. The minimum absolute atomic E-state index is 0.00224. The second kappa shape index (κ2) is 7.41. The van der Waals surface area contributed by atoms with Gasteiger partial charge in [-0.15, -0.1) is 0 Å². The summed E-state index contributed by atoms with van der Waals surface area (Å²) >= 11 is 0. The Morgan fingerprint density at radius 3 is 3.14 bits per heavy atom. The Bertz CT molecular complexity index is 583. The average molecular weight is 296 g/mol. The maximum atomic E-state index is 11.8. The number of benzene rings is 1. The molecule has 2 aliphatic rings. The van der Waals surface area contributed by atoms with Crippen LogP contribution >= 0.6 is 0 Å². The quantitative estimate of drug-likeness (QED) is 0.876. The fourth-order valence-corrected chi connectivity index (χ4v) is 3.27. The van der Waals surface area contributed by atoms with Crippen molar-refractivity contribution in [1.29, 1.82) is 0 Å². The number of amides is 1. The van der Waals surface area contributed by atoms with E-state index in [0.29, 0.717) is 0 Å². The number of carbonyl (C=O) groups excluding carboxylic acids is 1. The molecule has 1 fully saturated rings. The Hall–Kier alpha value is -1.87. The molecule has 2 N–H and O–H groups in total. The molecule has 0 aromatic heterocycles. The summed E-state index contributed by atoms with van der Waals surface area (Å²) < 4.78 is 0. The number of allylic oxidation sites excluding steroid dienone is 3. The Morgan fingerprint density at radius 1 is 1.36 bits per heavy atom. The van der Waals surface area contributed by atoms with Gasteiger partial charge in [-0.05, 0) is 68.0 Å². The summed E-state index contributed by atoms with van der Waals surface area (Å²) in [6.45, 7) is 0.954. The maximum Gasteiger partial charge on any atom is 0.241 e. The molecule has 3 heteroatoms. The Kier molecular flexibility index (Phi) is 5.07. The lowest BCUT2D eigenvalue weighted by molar-refractivity contribution is -0.121. The van der Waals surface area contributed by atoms with Gasteiger partial charge in [0.05, 0.1) is 6.04 Å². The van der Waals surface area contributed by atoms with E-state index in [1.807, 2.05) is 0 Å². The van der Waals surface area contributed by atoms with Gasteiger partial charge in [0.25, 0.3) is 0 Å². The molecule has 1 aromatic rings. The van der Waals surface area contributed by atoms with E-state index >= 15 is 0 Å². The van der Waals surface area contributed by atoms with Crippen LogP contribution < -0.4 is 10.6 Å². The van der Waals surface area contributed by atoms with Crippen LogP contribution in [0.1, 0.15) is 43.2 Å². The second-order valence-electron chi connectivity index (χ2n) is 6.02. The van der Waals surface area contributed by atoms with E-state index in [2.05, 4.69) is 47.1 Å². The molecule has 0 spiro atoms. The normalized spacial score (nSPS) is 20.7. The molecule has 1 aliphatic heterocycles. The molecule has 1 saturated heterocycles. The highest BCUT2D eigenvalue weighted by Crippen LogP contribution is 2.29. The van der Waals surface area contributed by atoms with Crippen molar-refractivity contribution in [3.05, 3.63) is 53.7 Å². The summed E-state index contributed by atoms with van der Waals surface area (Å²) in [6, 6.07) is 8.68. The van der Waals surface area contributed by atoms with Gasteiger partial charge in [-0.1, -0.05) is 36.4 Å². The van der Waals surface area contributed by atoms with Gasteiger partial charge in [-0.25, -0.2) is 0 Å². The van der Waals surface area contributed by atoms with Crippen LogP contribution in [0.3, 0.4) is 0 Å². The average Bonchev–Trinajstić information content (AvgIpc) is 3.09. The third-order valence-corrected chi connectivity index (χ3v) is 4.47. The SMILES string of the molecule is O=C(NC=CCCC1=CCCc2ccccc21)C1CCCN1. The first kappa shape index (κ1) is 15.0. The summed E-state index contributed by atoms with van der Waals surface area (Å²) in [5.74, 6) is 0.0935. The highest BCUT2D eigenvalue weighted by atomic mass is 16.2. The van der Waals surface area contributed by atoms with Gasteiger partial charge in [-0.3, -0.25) is 4.79 Å². The van der Waals surface area contributed by atoms with Gasteiger partial charge in [0, 0.05) is 0 Å². The van der Waals surface area contributed by atoms with E-state index in [1.165, 1.54) is 16.7 Å². The number of fused-ring (bicyclic) bond motifs is 1. The van der Waals surface area contributed by atoms with Crippen molar-refractivity contribution >= 4 is 11.5 Å². The molecule has 0 radical (unpaired) electrons. The van der Waals surface area contributed by atoms with Crippen molar-refractivity contribution in [2.45, 2.75) is 44.6 Å². The van der Waals surface area contributed by atoms with Gasteiger partial charge in [0.1, 0.15) is 0 Å². The predicted octanol–water partition coefficient (Wildman–Crippen LogP) is 3.18. The standard InChI is InChI=1S/C19H24N2O/c22-19(18-12-6-14-20-18)21-13-4-3-8-16-10-5-9-15-7-1-2-11-17(15)16/h1-2,4,7,10-11,13,18,20H,3,5-6,8-9,12,14H2,(H,21,22). The number of nitrogens with one attached hydrogen (secondary N) is 2. The third-order valence-electron chi connectivity index (χ3n) is 4.47. The van der Waals surface area contributed by atoms with Crippen LogP contribution in [0.2, 0.25) is 0 Å². The zero-order valence-corrected chi connectivity index (χ0v) is 13.0. The van der Waals surface area contributed by atoms with Gasteiger partial charge in [0.15, 0.2) is 0 Å². The smallest absolute Gasteiger partial charge is 0.241 e. The molecular formula is C19H24N2O. The van der Waals surface area contributed by atoms with Gasteiger partial charge >= 0.3 is 0 Å². The third kappa shape index (κ3) is 3.66. The molecule has 1 heterocycles. The molecule has 1 aliphatic carbocycles. The second-order valence-corrected chi connectivity index (χ2v) is 6.02. The highest BCUT2D eigenvalue weighted by Gasteiger charge is 2.20. The van der Waals surface area contributed by atoms with Crippen molar-refractivity contribution < 1.29 is 4.79 Å². The number of aryl methyl sites for hydroxylation is 1. The first-order valence-electron chi connectivity index (χ1n) is 8.30. The molecule has 22 heavy (non-hydrogen) atoms. The van der Waals surface area contributed by atoms with Gasteiger partial charge in [-0.2, -0.15) is 0 Å². The minimum Gasteiger partial charge on any atom is -0.332 e. The minimum atomic E-state index is -0.00224. The topological polar surface area (TPSA) is 41.1 Å². The Labute approximate surface area is 132 Å². The molecule has 116 valence electrons. The van der Waals surface area contributed by atoms with E-state index in [0.717, 1.165) is 45.1 Å². The summed E-state index contributed by atoms with van der Waals surface area (Å²) in [7, 11) is 0. The maximum absolute atomic E-state index is 11.8. The summed E-state index contributed by atoms with van der Waals surface area (Å²) in [5, 5.41) is 6.08. The largest absolute Gasteiger partial charge is 0.332 e. The van der Waals surface area contributed by atoms with Crippen LogP contribution in [0.25, 0.3) is 5.57 Å². The van der Waals surface area contributed by atoms with E-state index in [-0.39, 0.29) is 11.9 Å². The fraction of sp³-hybridized carbons (Fsp3) is 0.421. The van der Waals surface area contributed by atoms with E-state index in [4.69, 9.17) is 0 Å². The van der Waals surface area contributed by atoms with Crippen molar-refractivity contribution in [3.8, 4) is 0 Å². The number of rotatable bonds is 5. The highest BCUT2D eigenvalue weighted by molar-refractivity contribution is 5.82. The lowest BCUT2D eigenvalue weighted by Crippen LogP contribution is -2.37. The predicted molar refractivity (Wildman–Crippen MR) is 90.3 cm³/mol. The number of hydrogen-bond acceptors (Lipinski definition) is 2. The molecule has 0 bridgehead atoms. The van der Waals surface area contributed by atoms with Gasteiger partial charge in [0.2, 0.25) is 5.91 Å². The van der Waals surface area contributed by atoms with E-state index < -0.39 is 0 Å². The van der Waals surface area contributed by atoms with Crippen LogP contribution in [0, 0.1) is 0 Å². The van der Waals surface area contributed by atoms with Crippen LogP contribution in [-0.4, -0.2) is 18.5 Å². The molecule has 3 rings (SSSR count). The Morgan fingerprint density at radius 2 is 2.27 bits per heavy atom. The van der Waals surface area contributed by atoms with E-state index in [9.17, 15) is 4.79 Å². The monoisotopic (exact) mass is 296 g/mol. The summed E-state index contributed by atoms with van der Waals surface area (Å²) in [4.78, 5) is 11.8. The lowest BCUT2D eigenvalue weighted by atomic mass is 9.88. The summed E-state index contributed by atoms with van der Waals surface area (Å²) in [5.41, 5.74) is 4.31. The zero-order valence-electron chi connectivity index (χ0n) is 13.0. The number of hydrogen-bond donors (Lipinski definition) is 2. The van der Waals surface area contributed by atoms with Crippen molar-refractivity contribution in [1.82, 2.24) is 10.6 Å². The first-order valence-corrected chi connectivity index (χ1v) is 8.30. The molecule has 0 saturated carbocycles. The van der Waals surface area contributed by atoms with Crippen molar-refractivity contribution in [2.24, 2.45) is 0 Å². The molecule has 1 unspecified atom stereocenters. The molecule has 1 amide bonds. The van der Waals surface area contributed by atoms with Crippen LogP contribution in [0.15, 0.2) is 42.6 Å². The zero-order chi connectivity index (χ0) is 15.2. The molecule has 1 aromatic carbocycles. The molecule has 3 nitrogen and oxygen atoms in total. The van der Waals surface area contributed by atoms with E-state index in [1.54, 1.807) is 6.20 Å². The van der Waals surface area contributed by atoms with Crippen molar-refractivity contribution in [3.63, 3.8) is 0 Å². The van der Waals surface area contributed by atoms with Crippen LogP contribution in [0.4, 0.5) is 0 Å². The lowest BCUT2D eigenvalue weighted by Gasteiger charge is -2.17. The molecular weight excluding hydrogens is 272 g/mol. The Balaban J connectivity index is 1.46. The number of carbonyl (C=O) groups is 1. The van der Waals surface area contributed by atoms with Gasteiger partial charge < -0.3 is 10.6 Å². The fourth-order valence-electron chi connectivity index (χ4n) is 3.27. The van der Waals surface area contributed by atoms with Crippen LogP contribution in [0.5, 0.6) is 0 Å². The van der Waals surface area contributed by atoms with Crippen molar-refractivity contribution in [2.75, 3.05) is 6.54 Å².